The molecular weight excluding hydrogens is 324 g/mol. The summed E-state index contributed by atoms with van der Waals surface area (Å²) in [6, 6.07) is 15.5. The molecule has 2 aromatic carbocycles. The maximum Gasteiger partial charge on any atom is 0.0459 e. The molecule has 112 valence electrons. The molecule has 2 rings (SSSR count). The molecule has 0 saturated heterocycles. The van der Waals surface area contributed by atoms with Crippen LogP contribution in [0.3, 0.4) is 0 Å². The Bertz CT molecular complexity index is 610. The Balaban J connectivity index is 2.52. The highest BCUT2D eigenvalue weighted by Crippen LogP contribution is 2.34. The minimum Gasteiger partial charge on any atom is -0.341 e. The van der Waals surface area contributed by atoms with Gasteiger partial charge in [-0.05, 0) is 69.3 Å². The summed E-state index contributed by atoms with van der Waals surface area (Å²) < 4.78 is 1.11. The van der Waals surface area contributed by atoms with E-state index >= 15 is 0 Å². The van der Waals surface area contributed by atoms with Crippen LogP contribution in [0.2, 0.25) is 0 Å². The maximum atomic E-state index is 3.59. The molecule has 0 aromatic heterocycles. The molecule has 0 fully saturated rings. The minimum absolute atomic E-state index is 0.302. The van der Waals surface area contributed by atoms with Gasteiger partial charge in [0.1, 0.15) is 0 Å². The number of nitrogens with one attached hydrogen (secondary N) is 1. The summed E-state index contributed by atoms with van der Waals surface area (Å²) in [6.07, 6.45) is 0. The molecule has 0 saturated carbocycles. The van der Waals surface area contributed by atoms with E-state index < -0.39 is 0 Å². The first-order valence-electron chi connectivity index (χ1n) is 7.37. The Morgan fingerprint density at radius 2 is 1.95 bits per heavy atom. The smallest absolute Gasteiger partial charge is 0.0459 e. The van der Waals surface area contributed by atoms with Crippen molar-refractivity contribution < 1.29 is 0 Å². The first-order chi connectivity index (χ1) is 10.1. The molecule has 1 N–H and O–H groups in total. The topological polar surface area (TPSA) is 15.3 Å². The van der Waals surface area contributed by atoms with Gasteiger partial charge in [0.05, 0.1) is 0 Å². The average molecular weight is 347 g/mol. The van der Waals surface area contributed by atoms with E-state index in [2.05, 4.69) is 89.4 Å². The quantitative estimate of drug-likeness (QED) is 0.800. The van der Waals surface area contributed by atoms with Gasteiger partial charge in [-0.15, -0.1) is 0 Å². The monoisotopic (exact) mass is 346 g/mol. The van der Waals surface area contributed by atoms with Gasteiger partial charge in [-0.2, -0.15) is 0 Å². The fraction of sp³-hybridized carbons (Fsp3) is 0.333. The first kappa shape index (κ1) is 16.1. The lowest BCUT2D eigenvalue weighted by atomic mass is 10.0. The van der Waals surface area contributed by atoms with Crippen LogP contribution in [0.1, 0.15) is 31.0 Å². The van der Waals surface area contributed by atoms with Crippen LogP contribution in [0, 0.1) is 6.92 Å². The van der Waals surface area contributed by atoms with Gasteiger partial charge in [0, 0.05) is 28.4 Å². The zero-order valence-corrected chi connectivity index (χ0v) is 14.7. The Hall–Kier alpha value is -1.32. The van der Waals surface area contributed by atoms with Crippen molar-refractivity contribution in [2.24, 2.45) is 0 Å². The lowest BCUT2D eigenvalue weighted by Gasteiger charge is -2.28. The third-order valence-electron chi connectivity index (χ3n) is 3.81. The van der Waals surface area contributed by atoms with E-state index in [1.807, 2.05) is 7.05 Å². The predicted molar refractivity (Wildman–Crippen MR) is 95.5 cm³/mol. The van der Waals surface area contributed by atoms with Crippen molar-refractivity contribution >= 4 is 27.3 Å². The molecule has 2 aromatic rings. The number of hydrogen-bond acceptors (Lipinski definition) is 2. The van der Waals surface area contributed by atoms with E-state index in [0.717, 1.165) is 11.0 Å². The summed E-state index contributed by atoms with van der Waals surface area (Å²) in [5.41, 5.74) is 5.08. The molecule has 0 heterocycles. The third kappa shape index (κ3) is 3.66. The van der Waals surface area contributed by atoms with E-state index in [4.69, 9.17) is 0 Å². The Kier molecular flexibility index (Phi) is 5.43. The van der Waals surface area contributed by atoms with Crippen LogP contribution in [-0.4, -0.2) is 13.6 Å². The number of hydrogen-bond donors (Lipinski definition) is 1. The zero-order valence-electron chi connectivity index (χ0n) is 13.2. The van der Waals surface area contributed by atoms with Crippen LogP contribution in [0.25, 0.3) is 0 Å². The molecule has 3 heteroatoms. The van der Waals surface area contributed by atoms with Gasteiger partial charge >= 0.3 is 0 Å². The number of halogens is 1. The van der Waals surface area contributed by atoms with Crippen LogP contribution in [-0.2, 0) is 0 Å². The predicted octanol–water partition coefficient (Wildman–Crippen LogP) is 5.20. The molecule has 21 heavy (non-hydrogen) atoms. The lowest BCUT2D eigenvalue weighted by molar-refractivity contribution is 0.651. The highest BCUT2D eigenvalue weighted by molar-refractivity contribution is 9.10. The molecule has 0 amide bonds. The van der Waals surface area contributed by atoms with E-state index in [9.17, 15) is 0 Å². The van der Waals surface area contributed by atoms with Gasteiger partial charge in [0.25, 0.3) is 0 Å². The standard InChI is InChI=1S/C18H23BrN2/c1-5-21(16-8-6-7-13(2)11-16)18-10-9-15(19)12-17(18)14(3)20-4/h6-12,14,20H,5H2,1-4H3. The van der Waals surface area contributed by atoms with Crippen LogP contribution in [0.15, 0.2) is 46.9 Å². The zero-order chi connectivity index (χ0) is 15.4. The maximum absolute atomic E-state index is 3.59. The number of rotatable bonds is 5. The Labute approximate surface area is 136 Å². The van der Waals surface area contributed by atoms with E-state index in [1.54, 1.807) is 0 Å². The summed E-state index contributed by atoms with van der Waals surface area (Å²) in [6.45, 7) is 7.46. The normalized spacial score (nSPS) is 12.2. The van der Waals surface area contributed by atoms with E-state index in [1.165, 1.54) is 22.5 Å². The summed E-state index contributed by atoms with van der Waals surface area (Å²) in [4.78, 5) is 2.36. The number of nitrogens with zero attached hydrogens (tertiary/aromatic N) is 1. The van der Waals surface area contributed by atoms with Crippen molar-refractivity contribution in [3.63, 3.8) is 0 Å². The molecule has 0 bridgehead atoms. The van der Waals surface area contributed by atoms with Crippen LogP contribution in [0.4, 0.5) is 11.4 Å². The second-order valence-corrected chi connectivity index (χ2v) is 6.21. The third-order valence-corrected chi connectivity index (χ3v) is 4.30. The van der Waals surface area contributed by atoms with Crippen molar-refractivity contribution in [2.75, 3.05) is 18.5 Å². The van der Waals surface area contributed by atoms with Crippen molar-refractivity contribution in [2.45, 2.75) is 26.8 Å². The first-order valence-corrected chi connectivity index (χ1v) is 8.17. The number of anilines is 2. The van der Waals surface area contributed by atoms with Gasteiger partial charge in [-0.3, -0.25) is 0 Å². The largest absolute Gasteiger partial charge is 0.341 e. The Morgan fingerprint density at radius 1 is 1.19 bits per heavy atom. The van der Waals surface area contributed by atoms with E-state index in [-0.39, 0.29) is 0 Å². The number of benzene rings is 2. The molecule has 0 aliphatic heterocycles. The van der Waals surface area contributed by atoms with Gasteiger partial charge in [0.15, 0.2) is 0 Å². The molecular formula is C18H23BrN2. The average Bonchev–Trinajstić information content (AvgIpc) is 2.48. The molecule has 1 unspecified atom stereocenters. The summed E-state index contributed by atoms with van der Waals surface area (Å²) >= 11 is 3.59. The summed E-state index contributed by atoms with van der Waals surface area (Å²) in [5, 5.41) is 3.34. The second-order valence-electron chi connectivity index (χ2n) is 5.30. The second kappa shape index (κ2) is 7.10. The molecule has 2 nitrogen and oxygen atoms in total. The Morgan fingerprint density at radius 3 is 2.57 bits per heavy atom. The van der Waals surface area contributed by atoms with Crippen molar-refractivity contribution in [1.82, 2.24) is 5.32 Å². The summed E-state index contributed by atoms with van der Waals surface area (Å²) in [7, 11) is 2.00. The van der Waals surface area contributed by atoms with Crippen LogP contribution < -0.4 is 10.2 Å². The van der Waals surface area contributed by atoms with Gasteiger partial charge < -0.3 is 10.2 Å². The van der Waals surface area contributed by atoms with Gasteiger partial charge in [-0.25, -0.2) is 0 Å². The number of aryl methyl sites for hydroxylation is 1. The van der Waals surface area contributed by atoms with Crippen molar-refractivity contribution in [1.29, 1.82) is 0 Å². The van der Waals surface area contributed by atoms with E-state index in [0.29, 0.717) is 6.04 Å². The van der Waals surface area contributed by atoms with Crippen molar-refractivity contribution in [3.8, 4) is 0 Å². The molecule has 0 aliphatic carbocycles. The molecule has 0 aliphatic rings. The summed E-state index contributed by atoms with van der Waals surface area (Å²) in [5.74, 6) is 0. The van der Waals surface area contributed by atoms with Gasteiger partial charge in [0.2, 0.25) is 0 Å². The van der Waals surface area contributed by atoms with Crippen LogP contribution in [0.5, 0.6) is 0 Å². The highest BCUT2D eigenvalue weighted by atomic mass is 79.9. The fourth-order valence-corrected chi connectivity index (χ4v) is 2.94. The molecule has 1 atom stereocenters. The minimum atomic E-state index is 0.302. The van der Waals surface area contributed by atoms with Crippen LogP contribution >= 0.6 is 15.9 Å². The fourth-order valence-electron chi connectivity index (χ4n) is 2.56. The highest BCUT2D eigenvalue weighted by Gasteiger charge is 2.15. The molecule has 0 radical (unpaired) electrons. The van der Waals surface area contributed by atoms with Crippen molar-refractivity contribution in [3.05, 3.63) is 58.1 Å². The molecule has 0 spiro atoms. The SMILES string of the molecule is CCN(c1cccc(C)c1)c1ccc(Br)cc1C(C)NC. The van der Waals surface area contributed by atoms with Gasteiger partial charge in [-0.1, -0.05) is 28.1 Å². The lowest BCUT2D eigenvalue weighted by Crippen LogP contribution is -2.21.